The van der Waals surface area contributed by atoms with Crippen molar-refractivity contribution in [2.75, 3.05) is 58.3 Å². The fourth-order valence-electron chi connectivity index (χ4n) is 5.45. The van der Waals surface area contributed by atoms with E-state index < -0.39 is 0 Å². The summed E-state index contributed by atoms with van der Waals surface area (Å²) in [7, 11) is 4.16. The summed E-state index contributed by atoms with van der Waals surface area (Å²) in [5.74, 6) is 0.605. The van der Waals surface area contributed by atoms with E-state index >= 15 is 0 Å². The fourth-order valence-corrected chi connectivity index (χ4v) is 6.52. The first-order chi connectivity index (χ1) is 14.3. The summed E-state index contributed by atoms with van der Waals surface area (Å²) in [6.07, 6.45) is 2.60. The van der Waals surface area contributed by atoms with Crippen LogP contribution in [0.4, 0.5) is 15.5 Å². The Labute approximate surface area is 182 Å². The molecule has 2 fully saturated rings. The predicted molar refractivity (Wildman–Crippen MR) is 120 cm³/mol. The summed E-state index contributed by atoms with van der Waals surface area (Å²) in [6.45, 7) is 5.56. The first-order valence-electron chi connectivity index (χ1n) is 10.9. The van der Waals surface area contributed by atoms with Gasteiger partial charge in [0.25, 0.3) is 0 Å². The van der Waals surface area contributed by atoms with Crippen molar-refractivity contribution in [1.29, 1.82) is 0 Å². The summed E-state index contributed by atoms with van der Waals surface area (Å²) in [5, 5.41) is 3.67. The zero-order valence-corrected chi connectivity index (χ0v) is 19.0. The van der Waals surface area contributed by atoms with Crippen molar-refractivity contribution in [3.8, 4) is 0 Å². The summed E-state index contributed by atoms with van der Waals surface area (Å²) in [4.78, 5) is 33.2. The van der Waals surface area contributed by atoms with Gasteiger partial charge in [-0.3, -0.25) is 9.69 Å². The Morgan fingerprint density at radius 3 is 2.60 bits per heavy atom. The SMILES string of the molecule is CCN(C(=O)NCC1CN(C)C1)C(=O)[C@@H]1C[C@@H]2Cc3c(sc(N)c3N)C[C@H]2N(C)C1. The van der Waals surface area contributed by atoms with Gasteiger partial charge in [-0.2, -0.15) is 0 Å². The molecule has 1 aliphatic carbocycles. The van der Waals surface area contributed by atoms with Gasteiger partial charge in [-0.05, 0) is 51.8 Å². The molecule has 5 N–H and O–H groups in total. The van der Waals surface area contributed by atoms with Crippen molar-refractivity contribution >= 4 is 34.0 Å². The molecular formula is C21H34N6O2S. The van der Waals surface area contributed by atoms with E-state index in [1.165, 1.54) is 15.3 Å². The van der Waals surface area contributed by atoms with Gasteiger partial charge in [0.05, 0.1) is 11.6 Å². The third-order valence-corrected chi connectivity index (χ3v) is 8.18. The van der Waals surface area contributed by atoms with Crippen LogP contribution in [-0.4, -0.2) is 79.5 Å². The highest BCUT2D eigenvalue weighted by molar-refractivity contribution is 7.16. The molecule has 0 radical (unpaired) electrons. The number of thiophene rings is 1. The quantitative estimate of drug-likeness (QED) is 0.654. The molecule has 3 atom stereocenters. The van der Waals surface area contributed by atoms with Crippen LogP contribution in [0, 0.1) is 17.8 Å². The topological polar surface area (TPSA) is 108 Å². The lowest BCUT2D eigenvalue weighted by Gasteiger charge is -2.45. The van der Waals surface area contributed by atoms with E-state index in [-0.39, 0.29) is 17.9 Å². The van der Waals surface area contributed by atoms with E-state index in [2.05, 4.69) is 29.2 Å². The molecule has 9 heteroatoms. The molecule has 4 rings (SSSR count). The highest BCUT2D eigenvalue weighted by Gasteiger charge is 2.42. The van der Waals surface area contributed by atoms with E-state index in [1.54, 1.807) is 11.3 Å². The molecular weight excluding hydrogens is 400 g/mol. The molecule has 0 bridgehead atoms. The number of hydrogen-bond acceptors (Lipinski definition) is 7. The van der Waals surface area contributed by atoms with Gasteiger partial charge >= 0.3 is 6.03 Å². The van der Waals surface area contributed by atoms with Gasteiger partial charge in [-0.15, -0.1) is 11.3 Å². The Balaban J connectivity index is 1.40. The number of amides is 3. The van der Waals surface area contributed by atoms with E-state index in [9.17, 15) is 9.59 Å². The molecule has 1 aromatic heterocycles. The number of imide groups is 1. The van der Waals surface area contributed by atoms with E-state index in [4.69, 9.17) is 11.5 Å². The molecule has 2 aliphatic heterocycles. The van der Waals surface area contributed by atoms with E-state index in [0.29, 0.717) is 42.5 Å². The molecule has 2 saturated heterocycles. The fraction of sp³-hybridized carbons (Fsp3) is 0.714. The van der Waals surface area contributed by atoms with Crippen LogP contribution in [-0.2, 0) is 17.6 Å². The number of anilines is 2. The Bertz CT molecular complexity index is 821. The minimum Gasteiger partial charge on any atom is -0.396 e. The summed E-state index contributed by atoms with van der Waals surface area (Å²) in [6, 6.07) is 0.140. The van der Waals surface area contributed by atoms with Gasteiger partial charge in [-0.25, -0.2) is 4.79 Å². The molecule has 3 heterocycles. The molecule has 3 aliphatic rings. The van der Waals surface area contributed by atoms with Crippen LogP contribution in [0.2, 0.25) is 0 Å². The van der Waals surface area contributed by atoms with Crippen molar-refractivity contribution in [1.82, 2.24) is 20.0 Å². The molecule has 0 saturated carbocycles. The lowest BCUT2D eigenvalue weighted by molar-refractivity contribution is -0.135. The second-order valence-electron chi connectivity index (χ2n) is 9.25. The van der Waals surface area contributed by atoms with Gasteiger partial charge in [0.1, 0.15) is 5.00 Å². The number of carbonyl (C=O) groups is 2. The number of urea groups is 1. The lowest BCUT2D eigenvalue weighted by atomic mass is 9.74. The number of nitrogen functional groups attached to an aromatic ring is 2. The van der Waals surface area contributed by atoms with E-state index in [1.807, 2.05) is 6.92 Å². The first kappa shape index (κ1) is 21.4. The molecule has 30 heavy (non-hydrogen) atoms. The molecule has 0 unspecified atom stereocenters. The van der Waals surface area contributed by atoms with Crippen LogP contribution in [0.3, 0.4) is 0 Å². The van der Waals surface area contributed by atoms with Crippen LogP contribution < -0.4 is 16.8 Å². The maximum Gasteiger partial charge on any atom is 0.324 e. The minimum atomic E-state index is -0.261. The van der Waals surface area contributed by atoms with Crippen LogP contribution in [0.15, 0.2) is 0 Å². The van der Waals surface area contributed by atoms with Gasteiger partial charge in [0.15, 0.2) is 0 Å². The van der Waals surface area contributed by atoms with Crippen molar-refractivity contribution in [3.05, 3.63) is 10.4 Å². The highest BCUT2D eigenvalue weighted by Crippen LogP contribution is 2.44. The lowest BCUT2D eigenvalue weighted by Crippen LogP contribution is -2.56. The number of likely N-dealkylation sites (tertiary alicyclic amines) is 2. The average Bonchev–Trinajstić information content (AvgIpc) is 2.96. The maximum atomic E-state index is 13.3. The molecule has 8 nitrogen and oxygen atoms in total. The monoisotopic (exact) mass is 434 g/mol. The van der Waals surface area contributed by atoms with Gasteiger partial charge in [0, 0.05) is 49.6 Å². The van der Waals surface area contributed by atoms with Crippen LogP contribution >= 0.6 is 11.3 Å². The summed E-state index contributed by atoms with van der Waals surface area (Å²) in [5.41, 5.74) is 14.2. The van der Waals surface area contributed by atoms with E-state index in [0.717, 1.165) is 38.0 Å². The molecule has 0 spiro atoms. The number of carbonyl (C=O) groups excluding carboxylic acids is 2. The van der Waals surface area contributed by atoms with Crippen LogP contribution in [0.1, 0.15) is 23.8 Å². The molecule has 166 valence electrons. The van der Waals surface area contributed by atoms with Crippen molar-refractivity contribution in [2.24, 2.45) is 17.8 Å². The standard InChI is InChI=1S/C21H34N6O2S/c1-4-27(21(29)24-8-12-9-25(2)10-12)20(28)14-5-13-6-15-17(30-19(23)18(15)22)7-16(13)26(3)11-14/h12-14,16H,4-11,22-23H2,1-3H3,(H,24,29)/t13-,14-,16-/m1/s1. The number of piperidine rings is 1. The second-order valence-corrected chi connectivity index (χ2v) is 10.4. The molecule has 1 aromatic rings. The number of fused-ring (bicyclic) bond motifs is 2. The van der Waals surface area contributed by atoms with Crippen molar-refractivity contribution in [2.45, 2.75) is 32.2 Å². The van der Waals surface area contributed by atoms with Crippen LogP contribution in [0.5, 0.6) is 0 Å². The zero-order valence-electron chi connectivity index (χ0n) is 18.2. The average molecular weight is 435 g/mol. The summed E-state index contributed by atoms with van der Waals surface area (Å²) < 4.78 is 0. The number of nitrogens with one attached hydrogen (secondary N) is 1. The zero-order chi connectivity index (χ0) is 21.6. The Morgan fingerprint density at radius 2 is 1.93 bits per heavy atom. The normalized spacial score (nSPS) is 27.1. The number of rotatable bonds is 4. The molecule has 3 amide bonds. The Hall–Kier alpha value is -1.84. The number of hydrogen-bond donors (Lipinski definition) is 3. The van der Waals surface area contributed by atoms with Gasteiger partial charge in [0.2, 0.25) is 5.91 Å². The third kappa shape index (κ3) is 3.90. The van der Waals surface area contributed by atoms with Gasteiger partial charge in [-0.1, -0.05) is 0 Å². The largest absolute Gasteiger partial charge is 0.396 e. The molecule has 0 aromatic carbocycles. The third-order valence-electron chi connectivity index (χ3n) is 7.09. The summed E-state index contributed by atoms with van der Waals surface area (Å²) >= 11 is 1.60. The number of likely N-dealkylation sites (N-methyl/N-ethyl adjacent to an activating group) is 1. The first-order valence-corrected chi connectivity index (χ1v) is 11.7. The minimum absolute atomic E-state index is 0.0605. The Morgan fingerprint density at radius 1 is 1.20 bits per heavy atom. The predicted octanol–water partition coefficient (Wildman–Crippen LogP) is 1.07. The second kappa shape index (κ2) is 8.36. The maximum absolute atomic E-state index is 13.3. The number of nitrogens with zero attached hydrogens (tertiary/aromatic N) is 3. The van der Waals surface area contributed by atoms with Gasteiger partial charge < -0.3 is 26.6 Å². The van der Waals surface area contributed by atoms with Crippen molar-refractivity contribution in [3.63, 3.8) is 0 Å². The highest BCUT2D eigenvalue weighted by atomic mass is 32.1. The van der Waals surface area contributed by atoms with Crippen LogP contribution in [0.25, 0.3) is 0 Å². The van der Waals surface area contributed by atoms with Crippen molar-refractivity contribution < 1.29 is 9.59 Å². The Kier molecular flexibility index (Phi) is 5.96. The smallest absolute Gasteiger partial charge is 0.324 e. The number of nitrogens with two attached hydrogens (primary N) is 2.